The predicted molar refractivity (Wildman–Crippen MR) is 113 cm³/mol. The number of hydrogen-bond acceptors (Lipinski definition) is 4. The maximum absolute atomic E-state index is 12.7. The summed E-state index contributed by atoms with van der Waals surface area (Å²) in [7, 11) is 0. The van der Waals surface area contributed by atoms with Crippen molar-refractivity contribution in [1.29, 1.82) is 0 Å². The van der Waals surface area contributed by atoms with Crippen LogP contribution in [0.1, 0.15) is 6.42 Å². The van der Waals surface area contributed by atoms with Gasteiger partial charge < -0.3 is 5.32 Å². The summed E-state index contributed by atoms with van der Waals surface area (Å²) >= 11 is 12.0. The SMILES string of the molecule is O=C(CCn1cnc2c(cnn2-c2ccccc2)c1=O)Nc1cc(Cl)ccc1Cl. The molecule has 4 rings (SSSR count). The Labute approximate surface area is 175 Å². The van der Waals surface area contributed by atoms with Crippen LogP contribution in [0.2, 0.25) is 10.0 Å². The molecule has 2 aromatic heterocycles. The van der Waals surface area contributed by atoms with Crippen molar-refractivity contribution in [3.05, 3.63) is 81.5 Å². The van der Waals surface area contributed by atoms with Gasteiger partial charge in [0.25, 0.3) is 5.56 Å². The van der Waals surface area contributed by atoms with Crippen LogP contribution >= 0.6 is 23.2 Å². The van der Waals surface area contributed by atoms with Crippen LogP contribution in [0.4, 0.5) is 5.69 Å². The number of fused-ring (bicyclic) bond motifs is 1. The molecule has 1 amide bonds. The van der Waals surface area contributed by atoms with Gasteiger partial charge in [-0.05, 0) is 30.3 Å². The number of halogens is 2. The van der Waals surface area contributed by atoms with Gasteiger partial charge in [0.05, 0.1) is 28.9 Å². The molecule has 2 heterocycles. The third-order valence-electron chi connectivity index (χ3n) is 4.34. The Bertz CT molecular complexity index is 1250. The number of carbonyl (C=O) groups is 1. The normalized spacial score (nSPS) is 11.0. The summed E-state index contributed by atoms with van der Waals surface area (Å²) in [6.07, 6.45) is 2.98. The monoisotopic (exact) mass is 427 g/mol. The zero-order valence-corrected chi connectivity index (χ0v) is 16.6. The summed E-state index contributed by atoms with van der Waals surface area (Å²) in [5.41, 5.74) is 1.44. The van der Waals surface area contributed by atoms with E-state index < -0.39 is 0 Å². The quantitative estimate of drug-likeness (QED) is 0.523. The number of carbonyl (C=O) groups excluding carboxylic acids is 1. The van der Waals surface area contributed by atoms with Crippen LogP contribution in [0.25, 0.3) is 16.7 Å². The molecule has 29 heavy (non-hydrogen) atoms. The van der Waals surface area contributed by atoms with E-state index in [2.05, 4.69) is 15.4 Å². The summed E-state index contributed by atoms with van der Waals surface area (Å²) in [4.78, 5) is 29.3. The Morgan fingerprint density at radius 2 is 1.90 bits per heavy atom. The first kappa shape index (κ1) is 19.2. The Hall–Kier alpha value is -3.16. The maximum Gasteiger partial charge on any atom is 0.264 e. The first-order chi connectivity index (χ1) is 14.0. The third-order valence-corrected chi connectivity index (χ3v) is 4.90. The van der Waals surface area contributed by atoms with E-state index in [0.29, 0.717) is 26.8 Å². The fraction of sp³-hybridized carbons (Fsp3) is 0.100. The molecule has 0 saturated carbocycles. The molecule has 0 aliphatic carbocycles. The molecule has 0 aliphatic heterocycles. The standard InChI is InChI=1S/C20H15Cl2N5O2/c21-13-6-7-16(22)17(10-13)25-18(28)8-9-26-12-23-19-15(20(26)29)11-24-27(19)14-4-2-1-3-5-14/h1-7,10-12H,8-9H2,(H,25,28). The molecule has 4 aromatic rings. The highest BCUT2D eigenvalue weighted by atomic mass is 35.5. The van der Waals surface area contributed by atoms with Crippen LogP contribution in [0.15, 0.2) is 65.8 Å². The molecule has 9 heteroatoms. The van der Waals surface area contributed by atoms with Crippen molar-refractivity contribution in [3.63, 3.8) is 0 Å². The fourth-order valence-electron chi connectivity index (χ4n) is 2.89. The van der Waals surface area contributed by atoms with E-state index in [1.54, 1.807) is 22.9 Å². The van der Waals surface area contributed by atoms with Crippen LogP contribution in [-0.4, -0.2) is 25.2 Å². The van der Waals surface area contributed by atoms with Gasteiger partial charge in [-0.15, -0.1) is 0 Å². The Balaban J connectivity index is 1.52. The van der Waals surface area contributed by atoms with Gasteiger partial charge in [0.1, 0.15) is 5.39 Å². The lowest BCUT2D eigenvalue weighted by Gasteiger charge is -2.09. The third kappa shape index (κ3) is 4.01. The zero-order chi connectivity index (χ0) is 20.4. The van der Waals surface area contributed by atoms with E-state index in [4.69, 9.17) is 23.2 Å². The highest BCUT2D eigenvalue weighted by molar-refractivity contribution is 6.35. The number of amides is 1. The predicted octanol–water partition coefficient (Wildman–Crippen LogP) is 3.92. The van der Waals surface area contributed by atoms with Gasteiger partial charge in [0.2, 0.25) is 5.91 Å². The van der Waals surface area contributed by atoms with E-state index in [9.17, 15) is 9.59 Å². The molecule has 0 fully saturated rings. The molecular weight excluding hydrogens is 413 g/mol. The first-order valence-electron chi connectivity index (χ1n) is 8.76. The van der Waals surface area contributed by atoms with Crippen molar-refractivity contribution in [2.45, 2.75) is 13.0 Å². The van der Waals surface area contributed by atoms with Crippen molar-refractivity contribution in [1.82, 2.24) is 19.3 Å². The fourth-order valence-corrected chi connectivity index (χ4v) is 3.23. The molecule has 0 unspecified atom stereocenters. The van der Waals surface area contributed by atoms with Gasteiger partial charge in [-0.3, -0.25) is 14.2 Å². The molecule has 0 bridgehead atoms. The van der Waals surface area contributed by atoms with Gasteiger partial charge in [-0.1, -0.05) is 41.4 Å². The number of hydrogen-bond donors (Lipinski definition) is 1. The molecule has 0 saturated heterocycles. The Morgan fingerprint density at radius 3 is 2.69 bits per heavy atom. The molecule has 1 N–H and O–H groups in total. The van der Waals surface area contributed by atoms with Crippen LogP contribution in [0.3, 0.4) is 0 Å². The number of aromatic nitrogens is 4. The lowest BCUT2D eigenvalue weighted by Crippen LogP contribution is -2.23. The summed E-state index contributed by atoms with van der Waals surface area (Å²) < 4.78 is 2.99. The summed E-state index contributed by atoms with van der Waals surface area (Å²) in [6, 6.07) is 14.2. The van der Waals surface area contributed by atoms with Crippen LogP contribution in [0.5, 0.6) is 0 Å². The molecule has 146 valence electrons. The van der Waals surface area contributed by atoms with Gasteiger partial charge >= 0.3 is 0 Å². The van der Waals surface area contributed by atoms with Crippen molar-refractivity contribution < 1.29 is 4.79 Å². The van der Waals surface area contributed by atoms with Gasteiger partial charge in [-0.2, -0.15) is 5.10 Å². The van der Waals surface area contributed by atoms with E-state index in [1.165, 1.54) is 17.1 Å². The summed E-state index contributed by atoms with van der Waals surface area (Å²) in [5.74, 6) is -0.291. The molecule has 0 radical (unpaired) electrons. The number of benzene rings is 2. The first-order valence-corrected chi connectivity index (χ1v) is 9.52. The molecule has 0 atom stereocenters. The van der Waals surface area contributed by atoms with E-state index in [-0.39, 0.29) is 24.4 Å². The van der Waals surface area contributed by atoms with E-state index in [1.807, 2.05) is 30.3 Å². The average Bonchev–Trinajstić information content (AvgIpc) is 3.16. The smallest absolute Gasteiger partial charge is 0.264 e. The number of aryl methyl sites for hydroxylation is 1. The second-order valence-corrected chi connectivity index (χ2v) is 7.14. The second-order valence-electron chi connectivity index (χ2n) is 6.29. The van der Waals surface area contributed by atoms with Gasteiger partial charge in [-0.25, -0.2) is 9.67 Å². The van der Waals surface area contributed by atoms with Crippen molar-refractivity contribution in [2.24, 2.45) is 0 Å². The van der Waals surface area contributed by atoms with Crippen LogP contribution in [-0.2, 0) is 11.3 Å². The van der Waals surface area contributed by atoms with Crippen molar-refractivity contribution >= 4 is 45.8 Å². The minimum Gasteiger partial charge on any atom is -0.325 e. The average molecular weight is 428 g/mol. The highest BCUT2D eigenvalue weighted by Gasteiger charge is 2.13. The summed E-state index contributed by atoms with van der Waals surface area (Å²) in [5, 5.41) is 8.20. The molecule has 0 spiro atoms. The lowest BCUT2D eigenvalue weighted by atomic mass is 10.3. The summed E-state index contributed by atoms with van der Waals surface area (Å²) in [6.45, 7) is 0.169. The van der Waals surface area contributed by atoms with E-state index in [0.717, 1.165) is 5.69 Å². The number of rotatable bonds is 5. The van der Waals surface area contributed by atoms with Crippen LogP contribution in [0, 0.1) is 0 Å². The van der Waals surface area contributed by atoms with Gasteiger partial charge in [0.15, 0.2) is 5.65 Å². The minimum absolute atomic E-state index is 0.0722. The molecule has 7 nitrogen and oxygen atoms in total. The van der Waals surface area contributed by atoms with Gasteiger partial charge in [0, 0.05) is 18.0 Å². The maximum atomic E-state index is 12.7. The number of nitrogens with zero attached hydrogens (tertiary/aromatic N) is 4. The number of nitrogens with one attached hydrogen (secondary N) is 1. The second kappa shape index (κ2) is 8.06. The topological polar surface area (TPSA) is 81.8 Å². The Kier molecular flexibility index (Phi) is 5.33. The minimum atomic E-state index is -0.291. The lowest BCUT2D eigenvalue weighted by molar-refractivity contribution is -0.116. The zero-order valence-electron chi connectivity index (χ0n) is 15.0. The molecule has 0 aliphatic rings. The molecular formula is C20H15Cl2N5O2. The largest absolute Gasteiger partial charge is 0.325 e. The van der Waals surface area contributed by atoms with Crippen molar-refractivity contribution in [3.8, 4) is 5.69 Å². The van der Waals surface area contributed by atoms with Crippen LogP contribution < -0.4 is 10.9 Å². The Morgan fingerprint density at radius 1 is 1.10 bits per heavy atom. The van der Waals surface area contributed by atoms with E-state index >= 15 is 0 Å². The van der Waals surface area contributed by atoms with Crippen molar-refractivity contribution in [2.75, 3.05) is 5.32 Å². The number of anilines is 1. The molecule has 2 aromatic carbocycles. The number of para-hydroxylation sites is 1. The highest BCUT2D eigenvalue weighted by Crippen LogP contribution is 2.25.